The average molecular weight is 458 g/mol. The number of amides is 2. The number of carbonyl (C=O) groups excluding carboxylic acids is 2. The maximum absolute atomic E-state index is 12.9. The Morgan fingerprint density at radius 2 is 1.79 bits per heavy atom. The van der Waals surface area contributed by atoms with E-state index < -0.39 is 6.03 Å². The van der Waals surface area contributed by atoms with Gasteiger partial charge in [0.25, 0.3) is 0 Å². The van der Waals surface area contributed by atoms with Crippen LogP contribution < -0.4 is 10.6 Å². The number of nitriles is 1. The van der Waals surface area contributed by atoms with Crippen molar-refractivity contribution in [2.75, 3.05) is 10.6 Å². The van der Waals surface area contributed by atoms with Crippen LogP contribution >= 0.6 is 11.3 Å². The monoisotopic (exact) mass is 457 g/mol. The highest BCUT2D eigenvalue weighted by atomic mass is 32.1. The van der Waals surface area contributed by atoms with Crippen LogP contribution in [-0.2, 0) is 16.6 Å². The highest BCUT2D eigenvalue weighted by Gasteiger charge is 2.20. The van der Waals surface area contributed by atoms with E-state index in [1.807, 2.05) is 35.7 Å². The number of para-hydroxylation sites is 1. The third-order valence-corrected chi connectivity index (χ3v) is 6.10. The molecule has 2 aromatic heterocycles. The van der Waals surface area contributed by atoms with Gasteiger partial charge in [-0.2, -0.15) is 9.94 Å². The van der Waals surface area contributed by atoms with E-state index in [0.29, 0.717) is 27.3 Å². The molecule has 2 N–H and O–H groups in total. The number of fused-ring (bicyclic) bond motifs is 1. The largest absolute Gasteiger partial charge is 0.347 e. The number of anilines is 2. The number of thiophene rings is 1. The minimum absolute atomic E-state index is 0.0481. The molecule has 0 unspecified atom stereocenters. The third kappa shape index (κ3) is 4.78. The van der Waals surface area contributed by atoms with Gasteiger partial charge < -0.3 is 10.6 Å². The Labute approximate surface area is 195 Å². The highest BCUT2D eigenvalue weighted by Crippen LogP contribution is 2.28. The Hall–Kier alpha value is -3.96. The molecule has 4 rings (SSSR count). The zero-order valence-electron chi connectivity index (χ0n) is 18.5. The van der Waals surface area contributed by atoms with E-state index in [1.165, 1.54) is 21.6 Å². The van der Waals surface area contributed by atoms with Crippen LogP contribution in [0, 0.1) is 11.3 Å². The van der Waals surface area contributed by atoms with Gasteiger partial charge in [-0.05, 0) is 40.1 Å². The lowest BCUT2D eigenvalue weighted by atomic mass is 9.86. The molecular formula is C25H23N5O2S. The molecule has 7 nitrogen and oxygen atoms in total. The van der Waals surface area contributed by atoms with E-state index in [4.69, 9.17) is 0 Å². The van der Waals surface area contributed by atoms with Crippen LogP contribution in [0.4, 0.5) is 16.3 Å². The van der Waals surface area contributed by atoms with E-state index in [2.05, 4.69) is 42.6 Å². The first kappa shape index (κ1) is 22.2. The molecule has 0 spiro atoms. The fourth-order valence-electron chi connectivity index (χ4n) is 3.42. The Balaban J connectivity index is 1.51. The van der Waals surface area contributed by atoms with Crippen molar-refractivity contribution in [1.29, 1.82) is 5.26 Å². The topological polar surface area (TPSA) is 99.8 Å². The van der Waals surface area contributed by atoms with Gasteiger partial charge in [-0.3, -0.25) is 4.79 Å². The fourth-order valence-corrected chi connectivity index (χ4v) is 4.27. The number of carbonyl (C=O) groups is 2. The first-order valence-electron chi connectivity index (χ1n) is 10.4. The standard InChI is InChI=1S/C25H23N5O2S/c1-25(2,3)18-10-8-16(9-11-18)14-21(31)28-22-19-12-13-33-23(19)30(29-22)24(32)27-20-7-5-4-6-17(20)15-26/h4-13H,14H2,1-3H3,(H,27,32)(H,28,29,31). The van der Waals surface area contributed by atoms with Gasteiger partial charge in [0, 0.05) is 0 Å². The van der Waals surface area contributed by atoms with Crippen molar-refractivity contribution in [2.24, 2.45) is 0 Å². The van der Waals surface area contributed by atoms with Crippen LogP contribution in [0.2, 0.25) is 0 Å². The van der Waals surface area contributed by atoms with Gasteiger partial charge >= 0.3 is 6.03 Å². The number of hydrogen-bond donors (Lipinski definition) is 2. The third-order valence-electron chi connectivity index (χ3n) is 5.22. The first-order valence-corrected chi connectivity index (χ1v) is 11.3. The Kier molecular flexibility index (Phi) is 5.99. The van der Waals surface area contributed by atoms with Gasteiger partial charge in [0.1, 0.15) is 10.9 Å². The minimum Gasteiger partial charge on any atom is -0.308 e. The molecule has 4 aromatic rings. The molecule has 0 aliphatic heterocycles. The zero-order valence-corrected chi connectivity index (χ0v) is 19.4. The molecule has 0 atom stereocenters. The van der Waals surface area contributed by atoms with Gasteiger partial charge in [-0.1, -0.05) is 57.2 Å². The summed E-state index contributed by atoms with van der Waals surface area (Å²) in [7, 11) is 0. The Morgan fingerprint density at radius 3 is 2.48 bits per heavy atom. The van der Waals surface area contributed by atoms with E-state index >= 15 is 0 Å². The molecule has 0 saturated heterocycles. The summed E-state index contributed by atoms with van der Waals surface area (Å²) >= 11 is 1.34. The molecule has 33 heavy (non-hydrogen) atoms. The average Bonchev–Trinajstić information content (AvgIpc) is 3.38. The van der Waals surface area contributed by atoms with Crippen molar-refractivity contribution in [2.45, 2.75) is 32.6 Å². The van der Waals surface area contributed by atoms with Gasteiger partial charge in [0.05, 0.1) is 23.1 Å². The first-order chi connectivity index (χ1) is 15.8. The molecule has 0 radical (unpaired) electrons. The molecule has 0 aliphatic carbocycles. The SMILES string of the molecule is CC(C)(C)c1ccc(CC(=O)Nc2nn(C(=O)Nc3ccccc3C#N)c3sccc23)cc1. The van der Waals surface area contributed by atoms with Crippen molar-refractivity contribution in [1.82, 2.24) is 9.78 Å². The van der Waals surface area contributed by atoms with Crippen LogP contribution in [0.25, 0.3) is 10.2 Å². The zero-order chi connectivity index (χ0) is 23.6. The second kappa shape index (κ2) is 8.88. The van der Waals surface area contributed by atoms with Crippen molar-refractivity contribution in [3.05, 3.63) is 76.7 Å². The van der Waals surface area contributed by atoms with Gasteiger partial charge in [-0.15, -0.1) is 16.4 Å². The number of benzene rings is 2. The number of hydrogen-bond acceptors (Lipinski definition) is 5. The normalized spacial score (nSPS) is 11.2. The molecule has 0 fully saturated rings. The maximum Gasteiger partial charge on any atom is 0.347 e. The molecule has 0 aliphatic rings. The van der Waals surface area contributed by atoms with Gasteiger partial charge in [0.15, 0.2) is 5.82 Å². The van der Waals surface area contributed by atoms with Crippen LogP contribution in [0.1, 0.15) is 37.5 Å². The summed E-state index contributed by atoms with van der Waals surface area (Å²) in [4.78, 5) is 26.2. The number of aromatic nitrogens is 2. The van der Waals surface area contributed by atoms with Crippen molar-refractivity contribution in [3.63, 3.8) is 0 Å². The summed E-state index contributed by atoms with van der Waals surface area (Å²) in [6, 6.07) is 18.1. The van der Waals surface area contributed by atoms with Crippen LogP contribution in [-0.4, -0.2) is 21.7 Å². The quantitative estimate of drug-likeness (QED) is 0.421. The molecule has 2 aromatic carbocycles. The lowest BCUT2D eigenvalue weighted by Crippen LogP contribution is -2.21. The van der Waals surface area contributed by atoms with Crippen LogP contribution in [0.3, 0.4) is 0 Å². The Bertz CT molecular complexity index is 1370. The van der Waals surface area contributed by atoms with E-state index in [0.717, 1.165) is 5.56 Å². The second-order valence-electron chi connectivity index (χ2n) is 8.66. The number of nitrogens with one attached hydrogen (secondary N) is 2. The summed E-state index contributed by atoms with van der Waals surface area (Å²) in [5, 5.41) is 21.6. The van der Waals surface area contributed by atoms with Crippen molar-refractivity contribution >= 4 is 45.0 Å². The van der Waals surface area contributed by atoms with Gasteiger partial charge in [-0.25, -0.2) is 4.79 Å². The van der Waals surface area contributed by atoms with E-state index in [-0.39, 0.29) is 17.7 Å². The lowest BCUT2D eigenvalue weighted by molar-refractivity contribution is -0.115. The van der Waals surface area contributed by atoms with Crippen LogP contribution in [0.15, 0.2) is 60.0 Å². The molecule has 0 saturated carbocycles. The minimum atomic E-state index is -0.511. The predicted octanol–water partition coefficient (Wildman–Crippen LogP) is 5.53. The summed E-state index contributed by atoms with van der Waals surface area (Å²) in [5.74, 6) is 0.109. The fraction of sp³-hybridized carbons (Fsp3) is 0.200. The van der Waals surface area contributed by atoms with E-state index in [9.17, 15) is 14.9 Å². The summed E-state index contributed by atoms with van der Waals surface area (Å²) in [5.41, 5.74) is 2.90. The maximum atomic E-state index is 12.9. The Morgan fingerprint density at radius 1 is 1.06 bits per heavy atom. The van der Waals surface area contributed by atoms with Crippen molar-refractivity contribution in [3.8, 4) is 6.07 Å². The molecule has 166 valence electrons. The summed E-state index contributed by atoms with van der Waals surface area (Å²) in [6.45, 7) is 6.44. The number of rotatable bonds is 4. The summed E-state index contributed by atoms with van der Waals surface area (Å²) < 4.78 is 1.21. The molecule has 2 amide bonds. The van der Waals surface area contributed by atoms with Crippen molar-refractivity contribution < 1.29 is 9.59 Å². The molecule has 2 heterocycles. The van der Waals surface area contributed by atoms with E-state index in [1.54, 1.807) is 24.3 Å². The summed E-state index contributed by atoms with van der Waals surface area (Å²) in [6.07, 6.45) is 0.199. The van der Waals surface area contributed by atoms with Crippen LogP contribution in [0.5, 0.6) is 0 Å². The highest BCUT2D eigenvalue weighted by molar-refractivity contribution is 7.17. The molecule has 0 bridgehead atoms. The lowest BCUT2D eigenvalue weighted by Gasteiger charge is -2.19. The molecule has 8 heteroatoms. The smallest absolute Gasteiger partial charge is 0.308 e. The van der Waals surface area contributed by atoms with Gasteiger partial charge in [0.2, 0.25) is 5.91 Å². The predicted molar refractivity (Wildman–Crippen MR) is 131 cm³/mol. The second-order valence-corrected chi connectivity index (χ2v) is 9.55. The number of nitrogens with zero attached hydrogens (tertiary/aromatic N) is 3. The molecular weight excluding hydrogens is 434 g/mol.